The van der Waals surface area contributed by atoms with Crippen LogP contribution in [0.25, 0.3) is 10.8 Å². The van der Waals surface area contributed by atoms with Gasteiger partial charge >= 0.3 is 6.09 Å². The summed E-state index contributed by atoms with van der Waals surface area (Å²) in [6.07, 6.45) is 7.08. The second kappa shape index (κ2) is 21.7. The summed E-state index contributed by atoms with van der Waals surface area (Å²) in [5.74, 6) is -2.82. The predicted octanol–water partition coefficient (Wildman–Crippen LogP) is 7.98. The number of aromatic nitrogens is 1. The average molecular weight is 890 g/mol. The molecule has 16 heteroatoms. The van der Waals surface area contributed by atoms with Gasteiger partial charge < -0.3 is 29.7 Å². The van der Waals surface area contributed by atoms with E-state index >= 15 is 0 Å². The highest BCUT2D eigenvalue weighted by atomic mass is 32.2. The van der Waals surface area contributed by atoms with Crippen LogP contribution < -0.4 is 24.8 Å². The number of hydrogen-bond donors (Lipinski definition) is 3. The summed E-state index contributed by atoms with van der Waals surface area (Å²) in [6, 6.07) is 1.80. The lowest BCUT2D eigenvalue weighted by Crippen LogP contribution is -2.59. The van der Waals surface area contributed by atoms with E-state index in [-0.39, 0.29) is 37.1 Å². The van der Waals surface area contributed by atoms with Crippen LogP contribution in [0, 0.1) is 23.6 Å². The zero-order valence-corrected chi connectivity index (χ0v) is 40.0. The van der Waals surface area contributed by atoms with Crippen molar-refractivity contribution in [3.05, 3.63) is 42.4 Å². The lowest BCUT2D eigenvalue weighted by atomic mass is 9.85. The van der Waals surface area contributed by atoms with Gasteiger partial charge in [0.25, 0.3) is 5.91 Å². The molecule has 3 N–H and O–H groups in total. The van der Waals surface area contributed by atoms with Crippen molar-refractivity contribution < 1.29 is 46.2 Å². The van der Waals surface area contributed by atoms with E-state index in [4.69, 9.17) is 14.2 Å². The van der Waals surface area contributed by atoms with Gasteiger partial charge in [-0.2, -0.15) is 0 Å². The summed E-state index contributed by atoms with van der Waals surface area (Å²) in [4.78, 5) is 62.4. The normalized spacial score (nSPS) is 27.2. The van der Waals surface area contributed by atoms with Crippen LogP contribution in [0.3, 0.4) is 0 Å². The number of benzene rings is 1. The number of fused-ring (bicyclic) bond motifs is 3. The minimum Gasteiger partial charge on any atom is -0.494 e. The van der Waals surface area contributed by atoms with E-state index in [1.54, 1.807) is 33.8 Å². The van der Waals surface area contributed by atoms with Crippen LogP contribution in [0.1, 0.15) is 134 Å². The van der Waals surface area contributed by atoms with Crippen molar-refractivity contribution in [1.82, 2.24) is 25.2 Å². The Labute approximate surface area is 368 Å². The molecule has 2 saturated carbocycles. The van der Waals surface area contributed by atoms with E-state index in [0.717, 1.165) is 6.42 Å². The molecule has 0 radical (unpaired) electrons. The molecule has 1 aromatic heterocycles. The first-order chi connectivity index (χ1) is 29.3. The number of halogens is 1. The number of carbonyl (C=O) groups is 4. The number of sulfonamides is 1. The third-order valence-electron chi connectivity index (χ3n) is 11.6. The Hall–Kier alpha value is -4.47. The second-order valence-corrected chi connectivity index (χ2v) is 19.3. The first kappa shape index (κ1) is 51.9. The number of nitrogens with zero attached hydrogens (tertiary/aromatic N) is 2. The second-order valence-electron chi connectivity index (χ2n) is 17.1. The molecular weight excluding hydrogens is 818 g/mol. The number of rotatable bonds is 8. The average Bonchev–Trinajstić information content (AvgIpc) is 4.12. The van der Waals surface area contributed by atoms with Crippen molar-refractivity contribution in [2.45, 2.75) is 169 Å². The Morgan fingerprint density at radius 1 is 1.05 bits per heavy atom. The number of ether oxygens (including phenoxy) is 3. The molecule has 62 heavy (non-hydrogen) atoms. The quantitative estimate of drug-likeness (QED) is 0.220. The lowest BCUT2D eigenvalue weighted by Gasteiger charge is -2.34. The van der Waals surface area contributed by atoms with Gasteiger partial charge in [0.15, 0.2) is 0 Å². The van der Waals surface area contributed by atoms with Crippen molar-refractivity contribution in [1.29, 1.82) is 0 Å². The molecule has 6 rings (SSSR count). The summed E-state index contributed by atoms with van der Waals surface area (Å²) in [5.41, 5.74) is -2.42. The largest absolute Gasteiger partial charge is 0.494 e. The van der Waals surface area contributed by atoms with Gasteiger partial charge in [-0.3, -0.25) is 19.1 Å². The third kappa shape index (κ3) is 12.2. The highest BCUT2D eigenvalue weighted by Crippen LogP contribution is 2.48. The summed E-state index contributed by atoms with van der Waals surface area (Å²) >= 11 is 0. The minimum atomic E-state index is -4.03. The number of alkyl carbamates (subject to hydrolysis) is 1. The summed E-state index contributed by atoms with van der Waals surface area (Å²) in [5, 5.41) is 6.56. The van der Waals surface area contributed by atoms with Crippen molar-refractivity contribution in [2.75, 3.05) is 13.7 Å². The van der Waals surface area contributed by atoms with E-state index in [0.29, 0.717) is 48.6 Å². The summed E-state index contributed by atoms with van der Waals surface area (Å²) < 4.78 is 59.5. The Morgan fingerprint density at radius 2 is 1.71 bits per heavy atom. The zero-order chi connectivity index (χ0) is 46.8. The Morgan fingerprint density at radius 3 is 2.31 bits per heavy atom. The van der Waals surface area contributed by atoms with E-state index in [1.807, 2.05) is 60.6 Å². The van der Waals surface area contributed by atoms with Gasteiger partial charge in [0, 0.05) is 17.7 Å². The van der Waals surface area contributed by atoms with Crippen LogP contribution in [-0.4, -0.2) is 89.8 Å². The topological polar surface area (TPSA) is 182 Å². The van der Waals surface area contributed by atoms with Gasteiger partial charge in [0.05, 0.1) is 30.0 Å². The van der Waals surface area contributed by atoms with Crippen molar-refractivity contribution in [3.63, 3.8) is 0 Å². The number of methoxy groups -OCH3 is 1. The monoisotopic (exact) mass is 890 g/mol. The number of amides is 4. The molecule has 14 nitrogen and oxygen atoms in total. The molecule has 1 saturated heterocycles. The van der Waals surface area contributed by atoms with E-state index in [9.17, 15) is 32.0 Å². The van der Waals surface area contributed by atoms with Gasteiger partial charge in [-0.1, -0.05) is 74.0 Å². The standard InChI is InChI=1S/C40H54FN5O9S.3C2H6/c1-8-24-17-23(2)11-9-10-12-25-20-40(25,36(49)45-56(51,52)39(6)15-16-39)44-33(47)30-19-27(22-46(30)35(48)32(24)43-37(50)55-38(3,4)5)54-34-29-18-26(41)13-14-28(29)31(53-7)21-42-34;3*1-2/h10,12-14,18,21,23-25,27,30,32H,8-9,11,15-17,19-20,22H2,1-7H3,(H,43,50)(H,44,47)(H,45,49);3*1-2H3/b12-10-;;;/t23-,24-,25-,27-,30+,32+,40-;;;/m1.../s1. The molecular formula is C46H72FN5O9S. The Balaban J connectivity index is 0.00000163. The van der Waals surface area contributed by atoms with E-state index in [1.165, 1.54) is 30.3 Å². The lowest BCUT2D eigenvalue weighted by molar-refractivity contribution is -0.142. The molecule has 0 spiro atoms. The van der Waals surface area contributed by atoms with Crippen LogP contribution in [0.4, 0.5) is 9.18 Å². The summed E-state index contributed by atoms with van der Waals surface area (Å²) in [6.45, 7) is 22.6. The molecule has 3 fully saturated rings. The highest BCUT2D eigenvalue weighted by Gasteiger charge is 2.63. The van der Waals surface area contributed by atoms with E-state index < -0.39 is 79.6 Å². The maximum atomic E-state index is 14.9. The van der Waals surface area contributed by atoms with Crippen molar-refractivity contribution in [3.8, 4) is 11.6 Å². The molecule has 1 aromatic carbocycles. The molecule has 4 aliphatic rings. The van der Waals surface area contributed by atoms with Crippen LogP contribution in [0.5, 0.6) is 11.6 Å². The van der Waals surface area contributed by atoms with Crippen LogP contribution in [-0.2, 0) is 29.1 Å². The van der Waals surface area contributed by atoms with Gasteiger partial charge in [-0.05, 0) is 96.3 Å². The van der Waals surface area contributed by atoms with Gasteiger partial charge in [0.1, 0.15) is 40.9 Å². The fourth-order valence-electron chi connectivity index (χ4n) is 7.83. The molecule has 3 heterocycles. The maximum Gasteiger partial charge on any atom is 0.408 e. The zero-order valence-electron chi connectivity index (χ0n) is 39.1. The molecule has 2 aliphatic heterocycles. The fraction of sp³-hybridized carbons (Fsp3) is 0.674. The van der Waals surface area contributed by atoms with Crippen LogP contribution in [0.2, 0.25) is 0 Å². The van der Waals surface area contributed by atoms with Crippen LogP contribution >= 0.6 is 0 Å². The van der Waals surface area contributed by atoms with Crippen molar-refractivity contribution >= 4 is 44.6 Å². The Kier molecular flexibility index (Phi) is 18.2. The molecule has 0 bridgehead atoms. The smallest absolute Gasteiger partial charge is 0.408 e. The molecule has 4 amide bonds. The highest BCUT2D eigenvalue weighted by molar-refractivity contribution is 7.91. The molecule has 348 valence electrons. The summed E-state index contributed by atoms with van der Waals surface area (Å²) in [7, 11) is -2.56. The molecule has 0 unspecified atom stereocenters. The SMILES string of the molecule is CC.CC.CC.CC[C@@H]1C[C@H](C)CC/C=C\[C@@H]2C[C@@]2(C(=O)NS(=O)(=O)C2(C)CC2)NC(=O)[C@@H]2C[C@@H](Oc3ncc(OC)c4ccc(F)cc34)CN2C(=O)[C@H]1NC(=O)OC(C)(C)C. The molecule has 2 aromatic rings. The van der Waals surface area contributed by atoms with Crippen LogP contribution in [0.15, 0.2) is 36.5 Å². The Bertz CT molecular complexity index is 2020. The van der Waals surface area contributed by atoms with E-state index in [2.05, 4.69) is 27.3 Å². The molecule has 2 aliphatic carbocycles. The van der Waals surface area contributed by atoms with Gasteiger partial charge in [-0.15, -0.1) is 0 Å². The number of carbonyl (C=O) groups excluding carboxylic acids is 4. The molecule has 7 atom stereocenters. The van der Waals surface area contributed by atoms with Gasteiger partial charge in [-0.25, -0.2) is 22.6 Å². The van der Waals surface area contributed by atoms with Gasteiger partial charge in [0.2, 0.25) is 27.7 Å². The first-order valence-corrected chi connectivity index (χ1v) is 23.9. The number of allylic oxidation sites excluding steroid dienone is 1. The first-order valence-electron chi connectivity index (χ1n) is 22.4. The number of nitrogens with one attached hydrogen (secondary N) is 3. The maximum absolute atomic E-state index is 14.9. The third-order valence-corrected chi connectivity index (χ3v) is 13.7. The number of hydrogen-bond acceptors (Lipinski definition) is 10. The van der Waals surface area contributed by atoms with Crippen molar-refractivity contribution in [2.24, 2.45) is 17.8 Å². The minimum absolute atomic E-state index is 0.0526. The predicted molar refractivity (Wildman–Crippen MR) is 240 cm³/mol. The fourth-order valence-corrected chi connectivity index (χ4v) is 9.14. The number of pyridine rings is 1.